The Labute approximate surface area is 207 Å². The molecule has 0 N–H and O–H groups in total. The van der Waals surface area contributed by atoms with Crippen LogP contribution in [-0.2, 0) is 4.79 Å². The van der Waals surface area contributed by atoms with Gasteiger partial charge in [0, 0.05) is 17.7 Å². The van der Waals surface area contributed by atoms with Crippen LogP contribution < -0.4 is 28.6 Å². The van der Waals surface area contributed by atoms with E-state index in [1.807, 2.05) is 0 Å². The van der Waals surface area contributed by atoms with Crippen LogP contribution in [0.1, 0.15) is 22.0 Å². The third kappa shape index (κ3) is 4.31. The Hall–Kier alpha value is -4.53. The van der Waals surface area contributed by atoms with E-state index in [0.29, 0.717) is 39.8 Å². The van der Waals surface area contributed by atoms with Crippen molar-refractivity contribution in [2.24, 2.45) is 0 Å². The number of anilines is 1. The Kier molecular flexibility index (Phi) is 6.82. The van der Waals surface area contributed by atoms with E-state index >= 15 is 0 Å². The molecule has 1 heterocycles. The van der Waals surface area contributed by atoms with E-state index in [0.717, 1.165) is 0 Å². The van der Waals surface area contributed by atoms with E-state index in [2.05, 4.69) is 6.58 Å². The lowest BCUT2D eigenvalue weighted by atomic mass is 9.88. The summed E-state index contributed by atoms with van der Waals surface area (Å²) < 4.78 is 40.3. The van der Waals surface area contributed by atoms with Crippen molar-refractivity contribution < 1.29 is 37.7 Å². The molecule has 1 aliphatic heterocycles. The number of amides is 1. The topological polar surface area (TPSA) is 83.5 Å². The first-order valence-electron chi connectivity index (χ1n) is 10.8. The van der Waals surface area contributed by atoms with Crippen molar-refractivity contribution in [1.82, 2.24) is 0 Å². The smallest absolute Gasteiger partial charge is 0.343 e. The number of β-lactam (4-membered cyclic amide) rings is 1. The number of halogens is 1. The third-order valence-electron chi connectivity index (χ3n) is 5.80. The van der Waals surface area contributed by atoms with E-state index in [1.165, 1.54) is 57.6 Å². The minimum Gasteiger partial charge on any atom is -0.493 e. The highest BCUT2D eigenvalue weighted by Crippen LogP contribution is 2.48. The van der Waals surface area contributed by atoms with E-state index in [4.69, 9.17) is 23.7 Å². The predicted molar refractivity (Wildman–Crippen MR) is 130 cm³/mol. The molecule has 1 amide bonds. The van der Waals surface area contributed by atoms with Crippen LogP contribution in [0.3, 0.4) is 0 Å². The van der Waals surface area contributed by atoms with Gasteiger partial charge in [0.25, 0.3) is 5.91 Å². The molecule has 3 aromatic carbocycles. The van der Waals surface area contributed by atoms with Gasteiger partial charge in [0.15, 0.2) is 23.0 Å². The van der Waals surface area contributed by atoms with E-state index in [9.17, 15) is 14.0 Å². The lowest BCUT2D eigenvalue weighted by Crippen LogP contribution is -2.48. The number of ether oxygens (including phenoxy) is 5. The lowest BCUT2D eigenvalue weighted by Gasteiger charge is -2.42. The number of benzene rings is 3. The fourth-order valence-electron chi connectivity index (χ4n) is 3.99. The Bertz CT molecular complexity index is 1310. The Morgan fingerprint density at radius 2 is 1.44 bits per heavy atom. The van der Waals surface area contributed by atoms with Gasteiger partial charge >= 0.3 is 5.97 Å². The minimum atomic E-state index is -0.685. The highest BCUT2D eigenvalue weighted by Gasteiger charge is 2.43. The van der Waals surface area contributed by atoms with Gasteiger partial charge in [-0.3, -0.25) is 9.69 Å². The zero-order valence-corrected chi connectivity index (χ0v) is 20.2. The molecule has 0 saturated carbocycles. The highest BCUT2D eigenvalue weighted by molar-refractivity contribution is 6.15. The van der Waals surface area contributed by atoms with Gasteiger partial charge in [-0.2, -0.15) is 0 Å². The minimum absolute atomic E-state index is 0.140. The van der Waals surface area contributed by atoms with Crippen molar-refractivity contribution in [2.75, 3.05) is 33.3 Å². The summed E-state index contributed by atoms with van der Waals surface area (Å²) in [4.78, 5) is 27.0. The molecule has 186 valence electrons. The first-order chi connectivity index (χ1) is 17.3. The summed E-state index contributed by atoms with van der Waals surface area (Å²) in [6, 6.07) is 12.8. The van der Waals surface area contributed by atoms with E-state index < -0.39 is 17.8 Å². The van der Waals surface area contributed by atoms with Crippen molar-refractivity contribution >= 4 is 17.6 Å². The maximum Gasteiger partial charge on any atom is 0.343 e. The van der Waals surface area contributed by atoms with Gasteiger partial charge in [0.1, 0.15) is 5.82 Å². The first kappa shape index (κ1) is 24.6. The van der Waals surface area contributed by atoms with Crippen molar-refractivity contribution in [1.29, 1.82) is 0 Å². The average Bonchev–Trinajstić information content (AvgIpc) is 2.90. The lowest BCUT2D eigenvalue weighted by molar-refractivity contribution is -0.119. The zero-order valence-electron chi connectivity index (χ0n) is 20.2. The normalized spacial score (nSPS) is 14.7. The third-order valence-corrected chi connectivity index (χ3v) is 5.80. The van der Waals surface area contributed by atoms with Gasteiger partial charge in [-0.15, -0.1) is 0 Å². The summed E-state index contributed by atoms with van der Waals surface area (Å²) in [7, 11) is 5.91. The van der Waals surface area contributed by atoms with E-state index in [-0.39, 0.29) is 17.2 Å². The second kappa shape index (κ2) is 9.99. The van der Waals surface area contributed by atoms with Crippen LogP contribution in [0, 0.1) is 5.82 Å². The van der Waals surface area contributed by atoms with Crippen LogP contribution in [0.5, 0.6) is 28.7 Å². The van der Waals surface area contributed by atoms with Gasteiger partial charge in [-0.05, 0) is 42.0 Å². The molecule has 4 rings (SSSR count). The van der Waals surface area contributed by atoms with Crippen LogP contribution in [0.15, 0.2) is 66.7 Å². The number of rotatable bonds is 8. The molecule has 1 atom stereocenters. The standard InChI is InChI=1S/C27H24FNO7/c1-15-24(29(26(15)30)19-13-22(33-3)25(35-5)23(14-19)34-4)17-8-11-20(32-2)21(12-17)36-27(31)16-6-9-18(28)10-7-16/h6-14,24H,1H2,2-5H3/t24-/m1/s1. The summed E-state index contributed by atoms with van der Waals surface area (Å²) in [5.74, 6) is 0.188. The second-order valence-electron chi connectivity index (χ2n) is 7.79. The number of hydrogen-bond donors (Lipinski definition) is 0. The van der Waals surface area contributed by atoms with Gasteiger partial charge in [-0.25, -0.2) is 9.18 Å². The summed E-state index contributed by atoms with van der Waals surface area (Å²) in [6.07, 6.45) is 0. The number of nitrogens with zero attached hydrogens (tertiary/aromatic N) is 1. The molecule has 36 heavy (non-hydrogen) atoms. The van der Waals surface area contributed by atoms with Crippen LogP contribution in [0.25, 0.3) is 0 Å². The monoisotopic (exact) mass is 493 g/mol. The maximum atomic E-state index is 13.2. The molecular weight excluding hydrogens is 469 g/mol. The zero-order chi connectivity index (χ0) is 26.0. The van der Waals surface area contributed by atoms with Crippen LogP contribution in [0.4, 0.5) is 10.1 Å². The Morgan fingerprint density at radius 3 is 2.00 bits per heavy atom. The Morgan fingerprint density at radius 1 is 0.833 bits per heavy atom. The van der Waals surface area contributed by atoms with Crippen LogP contribution in [-0.4, -0.2) is 40.3 Å². The van der Waals surface area contributed by atoms with Gasteiger partial charge in [0.05, 0.1) is 45.7 Å². The molecule has 9 heteroatoms. The van der Waals surface area contributed by atoms with Gasteiger partial charge in [-0.1, -0.05) is 12.6 Å². The number of carbonyl (C=O) groups is 2. The largest absolute Gasteiger partial charge is 0.493 e. The summed E-state index contributed by atoms with van der Waals surface area (Å²) >= 11 is 0. The van der Waals surface area contributed by atoms with Crippen LogP contribution >= 0.6 is 0 Å². The molecule has 0 radical (unpaired) electrons. The summed E-state index contributed by atoms with van der Waals surface area (Å²) in [5.41, 5.74) is 1.67. The number of hydrogen-bond acceptors (Lipinski definition) is 7. The average molecular weight is 493 g/mol. The molecule has 1 fully saturated rings. The maximum absolute atomic E-state index is 13.2. The quantitative estimate of drug-likeness (QED) is 0.194. The fraction of sp³-hybridized carbons (Fsp3) is 0.185. The number of esters is 1. The molecule has 8 nitrogen and oxygen atoms in total. The van der Waals surface area contributed by atoms with Crippen molar-refractivity contribution in [2.45, 2.75) is 6.04 Å². The molecule has 0 aliphatic carbocycles. The SMILES string of the molecule is C=C1C(=O)N(c2cc(OC)c(OC)c(OC)c2)[C@H]1c1ccc(OC)c(OC(=O)c2ccc(F)cc2)c1. The van der Waals surface area contributed by atoms with Crippen molar-refractivity contribution in [3.05, 3.63) is 83.7 Å². The molecule has 0 unspecified atom stereocenters. The molecule has 1 aliphatic rings. The molecular formula is C27H24FNO7. The highest BCUT2D eigenvalue weighted by atomic mass is 19.1. The Balaban J connectivity index is 1.70. The first-order valence-corrected chi connectivity index (χ1v) is 10.8. The van der Waals surface area contributed by atoms with Crippen molar-refractivity contribution in [3.63, 3.8) is 0 Å². The van der Waals surface area contributed by atoms with Crippen LogP contribution in [0.2, 0.25) is 0 Å². The number of methoxy groups -OCH3 is 4. The predicted octanol–water partition coefficient (Wildman–Crippen LogP) is 4.72. The van der Waals surface area contributed by atoms with Gasteiger partial charge < -0.3 is 23.7 Å². The van der Waals surface area contributed by atoms with Crippen molar-refractivity contribution in [3.8, 4) is 28.7 Å². The molecule has 0 spiro atoms. The summed E-state index contributed by atoms with van der Waals surface area (Å²) in [5, 5.41) is 0. The molecule has 0 aromatic heterocycles. The molecule has 1 saturated heterocycles. The fourth-order valence-corrected chi connectivity index (χ4v) is 3.99. The number of carbonyl (C=O) groups excluding carboxylic acids is 2. The van der Waals surface area contributed by atoms with Gasteiger partial charge in [0.2, 0.25) is 5.75 Å². The second-order valence-corrected chi connectivity index (χ2v) is 7.79. The van der Waals surface area contributed by atoms with E-state index in [1.54, 1.807) is 30.3 Å². The molecule has 0 bridgehead atoms. The summed E-state index contributed by atoms with van der Waals surface area (Å²) in [6.45, 7) is 3.93. The molecule has 3 aromatic rings.